The van der Waals surface area contributed by atoms with Crippen molar-refractivity contribution in [2.75, 3.05) is 26.5 Å². The standard InChI is InChI=1S/C22H30NO7P/c1-5-31(26,6-2)30-16-9-13-12-23-15(21(25)28-4)11-22-8-7-14(24)10-17(22)29-20(18(13)22)19(16)27-3/h7-9,14-15,17,23-24H,5-6,10-12H2,1-4H3. The molecule has 4 unspecified atom stereocenters. The van der Waals surface area contributed by atoms with Gasteiger partial charge in [0.15, 0.2) is 11.5 Å². The molecule has 170 valence electrons. The molecule has 2 aliphatic heterocycles. The van der Waals surface area contributed by atoms with E-state index in [4.69, 9.17) is 18.7 Å². The zero-order chi connectivity index (χ0) is 22.4. The summed E-state index contributed by atoms with van der Waals surface area (Å²) in [6, 6.07) is 1.30. The number of rotatable bonds is 6. The summed E-state index contributed by atoms with van der Waals surface area (Å²) in [4.78, 5) is 12.5. The number of nitrogens with one attached hydrogen (secondary N) is 1. The maximum absolute atomic E-state index is 13.1. The fourth-order valence-electron chi connectivity index (χ4n) is 4.91. The van der Waals surface area contributed by atoms with Crippen LogP contribution in [0.5, 0.6) is 17.2 Å². The normalized spacial score (nSPS) is 28.7. The summed E-state index contributed by atoms with van der Waals surface area (Å²) >= 11 is 0. The Bertz CT molecular complexity index is 954. The highest BCUT2D eigenvalue weighted by Crippen LogP contribution is 2.60. The molecule has 0 aromatic heterocycles. The van der Waals surface area contributed by atoms with Gasteiger partial charge < -0.3 is 29.2 Å². The van der Waals surface area contributed by atoms with E-state index in [0.717, 1.165) is 11.1 Å². The van der Waals surface area contributed by atoms with Gasteiger partial charge in [-0.15, -0.1) is 0 Å². The molecule has 4 rings (SSSR count). The molecule has 2 heterocycles. The van der Waals surface area contributed by atoms with Gasteiger partial charge in [0.1, 0.15) is 12.1 Å². The zero-order valence-electron chi connectivity index (χ0n) is 18.3. The van der Waals surface area contributed by atoms with Crippen LogP contribution < -0.4 is 19.3 Å². The monoisotopic (exact) mass is 451 g/mol. The van der Waals surface area contributed by atoms with Crippen LogP contribution in [-0.4, -0.2) is 55.9 Å². The maximum atomic E-state index is 13.1. The third kappa shape index (κ3) is 3.55. The Balaban J connectivity index is 1.90. The highest BCUT2D eigenvalue weighted by molar-refractivity contribution is 7.59. The Hall–Kier alpha value is -2.02. The van der Waals surface area contributed by atoms with Crippen LogP contribution in [0.25, 0.3) is 0 Å². The number of ether oxygens (including phenoxy) is 3. The number of methoxy groups -OCH3 is 2. The Morgan fingerprint density at radius 3 is 2.74 bits per heavy atom. The van der Waals surface area contributed by atoms with Crippen LogP contribution >= 0.6 is 7.37 Å². The van der Waals surface area contributed by atoms with Crippen molar-refractivity contribution in [2.24, 2.45) is 0 Å². The highest BCUT2D eigenvalue weighted by Gasteiger charge is 2.55. The van der Waals surface area contributed by atoms with Crippen LogP contribution in [0.15, 0.2) is 18.2 Å². The third-order valence-electron chi connectivity index (χ3n) is 6.65. The Labute approximate surface area is 182 Å². The van der Waals surface area contributed by atoms with Crippen LogP contribution in [0.4, 0.5) is 0 Å². The molecule has 9 heteroatoms. The average Bonchev–Trinajstić information content (AvgIpc) is 2.99. The second kappa shape index (κ2) is 8.15. The van der Waals surface area contributed by atoms with Crippen LogP contribution in [0.2, 0.25) is 0 Å². The number of aliphatic hydroxyl groups excluding tert-OH is 1. The third-order valence-corrected chi connectivity index (χ3v) is 9.11. The molecule has 1 aromatic carbocycles. The molecular weight excluding hydrogens is 421 g/mol. The van der Waals surface area contributed by atoms with Crippen molar-refractivity contribution in [3.05, 3.63) is 29.3 Å². The number of carbonyl (C=O) groups excluding carboxylic acids is 1. The molecule has 4 atom stereocenters. The molecule has 0 saturated heterocycles. The Morgan fingerprint density at radius 2 is 2.10 bits per heavy atom. The topological polar surface area (TPSA) is 103 Å². The second-order valence-corrected chi connectivity index (χ2v) is 11.4. The summed E-state index contributed by atoms with van der Waals surface area (Å²) in [6.45, 7) is 4.07. The maximum Gasteiger partial charge on any atom is 0.322 e. The molecule has 0 fully saturated rings. The van der Waals surface area contributed by atoms with Gasteiger partial charge in [-0.05, 0) is 18.1 Å². The summed E-state index contributed by atoms with van der Waals surface area (Å²) in [5, 5.41) is 13.5. The van der Waals surface area contributed by atoms with Crippen LogP contribution in [-0.2, 0) is 26.1 Å². The van der Waals surface area contributed by atoms with E-state index in [1.165, 1.54) is 14.2 Å². The Morgan fingerprint density at radius 1 is 1.35 bits per heavy atom. The number of hydrogen-bond acceptors (Lipinski definition) is 8. The van der Waals surface area contributed by atoms with Crippen LogP contribution in [0.3, 0.4) is 0 Å². The fraction of sp³-hybridized carbons (Fsp3) is 0.591. The van der Waals surface area contributed by atoms with Crippen LogP contribution in [0, 0.1) is 0 Å². The summed E-state index contributed by atoms with van der Waals surface area (Å²) in [5.41, 5.74) is 1.20. The predicted molar refractivity (Wildman–Crippen MR) is 115 cm³/mol. The largest absolute Gasteiger partial charge is 0.490 e. The minimum absolute atomic E-state index is 0.348. The number of carbonyl (C=O) groups is 1. The fourth-order valence-corrected chi connectivity index (χ4v) is 6.11. The van der Waals surface area contributed by atoms with Gasteiger partial charge in [0.25, 0.3) is 0 Å². The molecule has 8 nitrogen and oxygen atoms in total. The van der Waals surface area contributed by atoms with Gasteiger partial charge in [-0.25, -0.2) is 0 Å². The summed E-state index contributed by atoms with van der Waals surface area (Å²) in [5.74, 6) is 0.956. The van der Waals surface area contributed by atoms with E-state index in [1.54, 1.807) is 6.08 Å². The van der Waals surface area contributed by atoms with Gasteiger partial charge in [0.05, 0.1) is 25.7 Å². The molecule has 31 heavy (non-hydrogen) atoms. The van der Waals surface area contributed by atoms with Gasteiger partial charge in [0, 0.05) is 30.9 Å². The predicted octanol–water partition coefficient (Wildman–Crippen LogP) is 2.75. The molecule has 1 spiro atoms. The lowest BCUT2D eigenvalue weighted by Crippen LogP contribution is -2.47. The van der Waals surface area contributed by atoms with Gasteiger partial charge in [-0.2, -0.15) is 0 Å². The molecular formula is C22H30NO7P. The van der Waals surface area contributed by atoms with Gasteiger partial charge in [-0.1, -0.05) is 26.0 Å². The van der Waals surface area contributed by atoms with Crippen LogP contribution in [0.1, 0.15) is 37.8 Å². The average molecular weight is 451 g/mol. The number of esters is 1. The smallest absolute Gasteiger partial charge is 0.322 e. The highest BCUT2D eigenvalue weighted by atomic mass is 31.2. The second-order valence-electron chi connectivity index (χ2n) is 8.28. The van der Waals surface area contributed by atoms with Gasteiger partial charge >= 0.3 is 5.97 Å². The molecule has 1 aromatic rings. The zero-order valence-corrected chi connectivity index (χ0v) is 19.2. The Kier molecular flexibility index (Phi) is 5.83. The van der Waals surface area contributed by atoms with E-state index in [1.807, 2.05) is 26.0 Å². The quantitative estimate of drug-likeness (QED) is 0.387. The minimum atomic E-state index is -2.87. The number of hydrogen-bond donors (Lipinski definition) is 2. The van der Waals surface area contributed by atoms with Crippen molar-refractivity contribution in [1.29, 1.82) is 0 Å². The first kappa shape index (κ1) is 22.2. The first-order chi connectivity index (χ1) is 14.8. The van der Waals surface area contributed by atoms with Crippen molar-refractivity contribution >= 4 is 13.3 Å². The van der Waals surface area contributed by atoms with E-state index >= 15 is 0 Å². The van der Waals surface area contributed by atoms with E-state index < -0.39 is 24.9 Å². The molecule has 1 aliphatic carbocycles. The molecule has 0 saturated carbocycles. The van der Waals surface area contributed by atoms with Crippen molar-refractivity contribution in [2.45, 2.75) is 56.9 Å². The summed E-state index contributed by atoms with van der Waals surface area (Å²) in [7, 11) is 0.0348. The van der Waals surface area contributed by atoms with Gasteiger partial charge in [0.2, 0.25) is 13.1 Å². The summed E-state index contributed by atoms with van der Waals surface area (Å²) < 4.78 is 36.2. The molecule has 0 amide bonds. The first-order valence-electron chi connectivity index (χ1n) is 10.7. The van der Waals surface area contributed by atoms with Crippen molar-refractivity contribution < 1.29 is 33.2 Å². The van der Waals surface area contributed by atoms with E-state index in [2.05, 4.69) is 5.32 Å². The lowest BCUT2D eigenvalue weighted by atomic mass is 9.68. The minimum Gasteiger partial charge on any atom is -0.490 e. The molecule has 0 radical (unpaired) electrons. The number of benzene rings is 1. The first-order valence-corrected chi connectivity index (χ1v) is 12.7. The van der Waals surface area contributed by atoms with E-state index in [0.29, 0.717) is 49.0 Å². The van der Waals surface area contributed by atoms with Gasteiger partial charge in [-0.3, -0.25) is 9.36 Å². The lowest BCUT2D eigenvalue weighted by molar-refractivity contribution is -0.143. The SMILES string of the molecule is CCP(=O)(CC)Oc1cc2c3c(c1OC)OC1CC(O)C=CC31CC(C(=O)OC)NC2. The molecule has 3 aliphatic rings. The van der Waals surface area contributed by atoms with E-state index in [-0.39, 0.29) is 12.1 Å². The van der Waals surface area contributed by atoms with E-state index in [9.17, 15) is 14.5 Å². The summed E-state index contributed by atoms with van der Waals surface area (Å²) in [6.07, 6.45) is 4.34. The van der Waals surface area contributed by atoms with Crippen molar-refractivity contribution in [1.82, 2.24) is 5.32 Å². The molecule has 0 bridgehead atoms. The van der Waals surface area contributed by atoms with Crippen molar-refractivity contribution in [3.63, 3.8) is 0 Å². The van der Waals surface area contributed by atoms with Crippen molar-refractivity contribution in [3.8, 4) is 17.2 Å². The number of aliphatic hydroxyl groups is 1. The lowest BCUT2D eigenvalue weighted by Gasteiger charge is -2.36. The molecule has 2 N–H and O–H groups in total.